The molecule has 4 heterocycles. The minimum atomic E-state index is -0.564. The number of nitrogens with one attached hydrogen (secondary N) is 3. The number of hydrogen-bond acceptors (Lipinski definition) is 4. The van der Waals surface area contributed by atoms with Gasteiger partial charge in [0.2, 0.25) is 5.91 Å². The molecule has 0 radical (unpaired) electrons. The highest BCUT2D eigenvalue weighted by Gasteiger charge is 2.43. The van der Waals surface area contributed by atoms with Gasteiger partial charge in [0.1, 0.15) is 6.04 Å². The van der Waals surface area contributed by atoms with E-state index < -0.39 is 6.04 Å². The molecule has 0 aromatic heterocycles. The Morgan fingerprint density at radius 3 is 2.38 bits per heavy atom. The minimum absolute atomic E-state index is 0.0368. The SMILES string of the molecule is O=C1Nc2ccccc2CC1N1CC(C2C=Cc3ccccc3N2)c2c(cccc2C2CCc3ccccc3N2)C1=O. The van der Waals surface area contributed by atoms with Gasteiger partial charge < -0.3 is 20.9 Å². The summed E-state index contributed by atoms with van der Waals surface area (Å²) in [5, 5.41) is 10.6. The van der Waals surface area contributed by atoms with Gasteiger partial charge in [-0.3, -0.25) is 9.59 Å². The van der Waals surface area contributed by atoms with Crippen LogP contribution < -0.4 is 16.0 Å². The maximum atomic E-state index is 14.3. The van der Waals surface area contributed by atoms with E-state index in [1.54, 1.807) is 0 Å². The molecule has 0 saturated carbocycles. The van der Waals surface area contributed by atoms with Crippen molar-refractivity contribution >= 4 is 35.0 Å². The molecule has 4 aromatic rings. The fourth-order valence-electron chi connectivity index (χ4n) is 7.29. The van der Waals surface area contributed by atoms with Crippen molar-refractivity contribution in [3.05, 3.63) is 130 Å². The molecule has 0 fully saturated rings. The molecule has 3 N–H and O–H groups in total. The number of hydrogen-bond donors (Lipinski definition) is 3. The summed E-state index contributed by atoms with van der Waals surface area (Å²) in [6.45, 7) is 0.455. The van der Waals surface area contributed by atoms with Crippen molar-refractivity contribution in [2.75, 3.05) is 22.5 Å². The molecule has 4 aliphatic rings. The Labute approximate surface area is 245 Å². The van der Waals surface area contributed by atoms with Gasteiger partial charge >= 0.3 is 0 Å². The van der Waals surface area contributed by atoms with Gasteiger partial charge in [-0.2, -0.15) is 0 Å². The number of amides is 2. The van der Waals surface area contributed by atoms with Gasteiger partial charge in [-0.25, -0.2) is 0 Å². The first kappa shape index (κ1) is 24.9. The number of nitrogens with zero attached hydrogens (tertiary/aromatic N) is 1. The van der Waals surface area contributed by atoms with Gasteiger partial charge in [0.25, 0.3) is 5.91 Å². The zero-order valence-electron chi connectivity index (χ0n) is 23.2. The van der Waals surface area contributed by atoms with Crippen LogP contribution in [0.3, 0.4) is 0 Å². The number of anilines is 3. The molecule has 4 unspecified atom stereocenters. The summed E-state index contributed by atoms with van der Waals surface area (Å²) >= 11 is 0. The van der Waals surface area contributed by atoms with Crippen molar-refractivity contribution < 1.29 is 9.59 Å². The summed E-state index contributed by atoms with van der Waals surface area (Å²) in [6.07, 6.45) is 6.85. The first-order valence-electron chi connectivity index (χ1n) is 14.8. The Kier molecular flexibility index (Phi) is 5.88. The lowest BCUT2D eigenvalue weighted by Crippen LogP contribution is -2.55. The largest absolute Gasteiger partial charge is 0.378 e. The quantitative estimate of drug-likeness (QED) is 0.275. The summed E-state index contributed by atoms with van der Waals surface area (Å²) < 4.78 is 0. The van der Waals surface area contributed by atoms with Crippen LogP contribution in [-0.2, 0) is 17.6 Å². The highest BCUT2D eigenvalue weighted by molar-refractivity contribution is 6.04. The minimum Gasteiger partial charge on any atom is -0.378 e. The van der Waals surface area contributed by atoms with E-state index >= 15 is 0 Å². The maximum Gasteiger partial charge on any atom is 0.254 e. The van der Waals surface area contributed by atoms with Crippen LogP contribution in [0.1, 0.15) is 56.6 Å². The van der Waals surface area contributed by atoms with E-state index in [4.69, 9.17) is 0 Å². The van der Waals surface area contributed by atoms with Gasteiger partial charge in [0.15, 0.2) is 0 Å². The Balaban J connectivity index is 1.22. The molecule has 208 valence electrons. The van der Waals surface area contributed by atoms with Crippen molar-refractivity contribution in [3.8, 4) is 0 Å². The lowest BCUT2D eigenvalue weighted by atomic mass is 9.76. The lowest BCUT2D eigenvalue weighted by Gasteiger charge is -2.44. The third-order valence-corrected chi connectivity index (χ3v) is 9.39. The third kappa shape index (κ3) is 4.09. The molecule has 6 nitrogen and oxygen atoms in total. The monoisotopic (exact) mass is 552 g/mol. The number of aryl methyl sites for hydroxylation is 1. The molecule has 8 rings (SSSR count). The molecule has 0 spiro atoms. The Hall–Kier alpha value is -4.84. The smallest absolute Gasteiger partial charge is 0.254 e. The van der Waals surface area contributed by atoms with Gasteiger partial charge in [-0.1, -0.05) is 78.9 Å². The van der Waals surface area contributed by atoms with Crippen LogP contribution >= 0.6 is 0 Å². The van der Waals surface area contributed by atoms with Crippen molar-refractivity contribution in [2.24, 2.45) is 0 Å². The maximum absolute atomic E-state index is 14.3. The first-order valence-corrected chi connectivity index (χ1v) is 14.8. The molecular weight excluding hydrogens is 520 g/mol. The highest BCUT2D eigenvalue weighted by Crippen LogP contribution is 2.43. The predicted octanol–water partition coefficient (Wildman–Crippen LogP) is 6.40. The predicted molar refractivity (Wildman–Crippen MR) is 167 cm³/mol. The van der Waals surface area contributed by atoms with E-state index in [-0.39, 0.29) is 29.8 Å². The zero-order chi connectivity index (χ0) is 28.2. The number of para-hydroxylation sites is 3. The zero-order valence-corrected chi connectivity index (χ0v) is 23.2. The molecule has 0 saturated heterocycles. The van der Waals surface area contributed by atoms with Crippen molar-refractivity contribution in [1.82, 2.24) is 4.90 Å². The number of fused-ring (bicyclic) bond motifs is 4. The van der Waals surface area contributed by atoms with Crippen LogP contribution in [-0.4, -0.2) is 35.3 Å². The number of carbonyl (C=O) groups is 2. The molecule has 2 amide bonds. The number of benzene rings is 4. The van der Waals surface area contributed by atoms with Crippen LogP contribution in [0.4, 0.5) is 17.1 Å². The van der Waals surface area contributed by atoms with Crippen molar-refractivity contribution in [3.63, 3.8) is 0 Å². The van der Waals surface area contributed by atoms with E-state index in [0.717, 1.165) is 46.6 Å². The molecule has 4 aliphatic heterocycles. The summed E-state index contributed by atoms with van der Waals surface area (Å²) in [7, 11) is 0. The molecular formula is C36H32N4O2. The third-order valence-electron chi connectivity index (χ3n) is 9.39. The van der Waals surface area contributed by atoms with Crippen LogP contribution in [0, 0.1) is 0 Å². The topological polar surface area (TPSA) is 73.5 Å². The van der Waals surface area contributed by atoms with E-state index in [1.165, 1.54) is 11.1 Å². The van der Waals surface area contributed by atoms with Gasteiger partial charge in [0, 0.05) is 41.5 Å². The van der Waals surface area contributed by atoms with Crippen LogP contribution in [0.25, 0.3) is 6.08 Å². The molecule has 4 aromatic carbocycles. The molecule has 4 atom stereocenters. The first-order chi connectivity index (χ1) is 20.6. The fraction of sp³-hybridized carbons (Fsp3) is 0.222. The Bertz CT molecular complexity index is 1760. The molecule has 6 heteroatoms. The van der Waals surface area contributed by atoms with Gasteiger partial charge in [-0.15, -0.1) is 0 Å². The summed E-state index contributed by atoms with van der Waals surface area (Å²) in [6, 6.07) is 30.3. The van der Waals surface area contributed by atoms with Crippen LogP contribution in [0.5, 0.6) is 0 Å². The standard InChI is InChI=1S/C36H32N4O2/c41-35-33(20-24-10-3-6-15-30(24)39-35)40-21-27(32-19-17-23-9-2-5-14-29(23)38-32)34-25(11-7-12-26(34)36(40)42)31-18-16-22-8-1-4-13-28(22)37-31/h1-15,17,19,27,31-33,37-38H,16,18,20-21H2,(H,39,41). The summed E-state index contributed by atoms with van der Waals surface area (Å²) in [5.41, 5.74) is 9.58. The fourth-order valence-corrected chi connectivity index (χ4v) is 7.29. The lowest BCUT2D eigenvalue weighted by molar-refractivity contribution is -0.121. The van der Waals surface area contributed by atoms with Crippen molar-refractivity contribution in [2.45, 2.75) is 43.3 Å². The van der Waals surface area contributed by atoms with Gasteiger partial charge in [0.05, 0.1) is 12.1 Å². The summed E-state index contributed by atoms with van der Waals surface area (Å²) in [5.74, 6) is -0.232. The van der Waals surface area contributed by atoms with Gasteiger partial charge in [-0.05, 0) is 64.9 Å². The second-order valence-electron chi connectivity index (χ2n) is 11.7. The van der Waals surface area contributed by atoms with Crippen LogP contribution in [0.2, 0.25) is 0 Å². The van der Waals surface area contributed by atoms with E-state index in [0.29, 0.717) is 18.5 Å². The van der Waals surface area contributed by atoms with E-state index in [2.05, 4.69) is 70.6 Å². The number of carbonyl (C=O) groups excluding carboxylic acids is 2. The molecule has 42 heavy (non-hydrogen) atoms. The number of rotatable bonds is 3. The van der Waals surface area contributed by atoms with Crippen molar-refractivity contribution in [1.29, 1.82) is 0 Å². The normalized spacial score (nSPS) is 23.9. The Morgan fingerprint density at radius 2 is 1.50 bits per heavy atom. The average Bonchev–Trinajstić information content (AvgIpc) is 3.04. The molecule has 0 bridgehead atoms. The van der Waals surface area contributed by atoms with E-state index in [1.807, 2.05) is 53.4 Å². The summed E-state index contributed by atoms with van der Waals surface area (Å²) in [4.78, 5) is 29.6. The second kappa shape index (κ2) is 9.91. The molecule has 0 aliphatic carbocycles. The average molecular weight is 553 g/mol. The van der Waals surface area contributed by atoms with E-state index in [9.17, 15) is 9.59 Å². The highest BCUT2D eigenvalue weighted by atomic mass is 16.2. The Morgan fingerprint density at radius 1 is 0.738 bits per heavy atom. The van der Waals surface area contributed by atoms with Crippen LogP contribution in [0.15, 0.2) is 97.1 Å². The second-order valence-corrected chi connectivity index (χ2v) is 11.7.